The first kappa shape index (κ1) is 12.8. The number of hydrogen-bond donors (Lipinski definition) is 2. The van der Waals surface area contributed by atoms with Crippen LogP contribution in [0, 0.1) is 11.8 Å². The van der Waals surface area contributed by atoms with Gasteiger partial charge >= 0.3 is 5.97 Å². The maximum Gasteiger partial charge on any atom is 0.307 e. The van der Waals surface area contributed by atoms with Crippen molar-refractivity contribution < 1.29 is 14.7 Å². The average Bonchev–Trinajstić information content (AvgIpc) is 2.27. The third-order valence-electron chi connectivity index (χ3n) is 2.14. The Hall–Kier alpha value is -2.28. The second-order valence-electron chi connectivity index (χ2n) is 3.40. The van der Waals surface area contributed by atoms with Gasteiger partial charge in [0, 0.05) is 6.54 Å². The predicted molar refractivity (Wildman–Crippen MR) is 63.1 cm³/mol. The summed E-state index contributed by atoms with van der Waals surface area (Å²) in [5, 5.41) is 11.4. The van der Waals surface area contributed by atoms with Crippen molar-refractivity contribution >= 4 is 11.9 Å². The maximum atomic E-state index is 11.1. The Balaban J connectivity index is 2.72. The van der Waals surface area contributed by atoms with Crippen LogP contribution in [0.4, 0.5) is 0 Å². The molecular formula is C13H13NO3. The van der Waals surface area contributed by atoms with E-state index in [2.05, 4.69) is 17.2 Å². The molecule has 0 unspecified atom stereocenters. The van der Waals surface area contributed by atoms with Crippen LogP contribution in [-0.2, 0) is 22.6 Å². The van der Waals surface area contributed by atoms with E-state index in [0.29, 0.717) is 5.56 Å². The van der Waals surface area contributed by atoms with Crippen LogP contribution >= 0.6 is 0 Å². The SMILES string of the molecule is CC#CC(=O)NCc1ccccc1CC(=O)O. The number of carbonyl (C=O) groups is 2. The molecule has 0 saturated heterocycles. The van der Waals surface area contributed by atoms with Gasteiger partial charge in [-0.2, -0.15) is 0 Å². The fourth-order valence-corrected chi connectivity index (χ4v) is 1.40. The molecule has 1 aromatic rings. The molecule has 1 rings (SSSR count). The molecule has 4 heteroatoms. The number of hydrogen-bond acceptors (Lipinski definition) is 2. The molecule has 2 N–H and O–H groups in total. The molecule has 0 fully saturated rings. The number of carbonyl (C=O) groups excluding carboxylic acids is 1. The quantitative estimate of drug-likeness (QED) is 0.758. The average molecular weight is 231 g/mol. The summed E-state index contributed by atoms with van der Waals surface area (Å²) in [7, 11) is 0. The lowest BCUT2D eigenvalue weighted by Gasteiger charge is -2.07. The number of nitrogens with one attached hydrogen (secondary N) is 1. The molecule has 0 atom stereocenters. The minimum Gasteiger partial charge on any atom is -0.481 e. The smallest absolute Gasteiger partial charge is 0.307 e. The zero-order valence-corrected chi connectivity index (χ0v) is 9.49. The molecule has 17 heavy (non-hydrogen) atoms. The maximum absolute atomic E-state index is 11.1. The lowest BCUT2D eigenvalue weighted by Crippen LogP contribution is -2.21. The fraction of sp³-hybridized carbons (Fsp3) is 0.231. The molecule has 4 nitrogen and oxygen atoms in total. The van der Waals surface area contributed by atoms with E-state index in [1.807, 2.05) is 0 Å². The van der Waals surface area contributed by atoms with E-state index in [-0.39, 0.29) is 18.9 Å². The van der Waals surface area contributed by atoms with E-state index in [1.54, 1.807) is 31.2 Å². The number of amides is 1. The topological polar surface area (TPSA) is 66.4 Å². The predicted octanol–water partition coefficient (Wildman–Crippen LogP) is 0.953. The summed E-state index contributed by atoms with van der Waals surface area (Å²) in [4.78, 5) is 21.8. The summed E-state index contributed by atoms with van der Waals surface area (Å²) in [6, 6.07) is 7.10. The van der Waals surface area contributed by atoms with Gasteiger partial charge in [-0.05, 0) is 24.0 Å². The van der Waals surface area contributed by atoms with Gasteiger partial charge in [0.1, 0.15) is 0 Å². The molecule has 0 aromatic heterocycles. The van der Waals surface area contributed by atoms with Crippen molar-refractivity contribution in [2.24, 2.45) is 0 Å². The Bertz CT molecular complexity index is 483. The lowest BCUT2D eigenvalue weighted by atomic mass is 10.0. The minimum absolute atomic E-state index is 0.0501. The zero-order chi connectivity index (χ0) is 12.7. The van der Waals surface area contributed by atoms with Crippen molar-refractivity contribution in [3.63, 3.8) is 0 Å². The Labute approximate surface area is 99.7 Å². The highest BCUT2D eigenvalue weighted by molar-refractivity contribution is 5.93. The van der Waals surface area contributed by atoms with Gasteiger partial charge in [-0.25, -0.2) is 0 Å². The summed E-state index contributed by atoms with van der Waals surface area (Å²) in [6.07, 6.45) is -0.0501. The van der Waals surface area contributed by atoms with Crippen LogP contribution in [0.2, 0.25) is 0 Å². The third-order valence-corrected chi connectivity index (χ3v) is 2.14. The van der Waals surface area contributed by atoms with Crippen molar-refractivity contribution in [1.82, 2.24) is 5.32 Å². The summed E-state index contributed by atoms with van der Waals surface area (Å²) in [6.45, 7) is 1.87. The van der Waals surface area contributed by atoms with Crippen molar-refractivity contribution in [3.8, 4) is 11.8 Å². The van der Waals surface area contributed by atoms with Crippen LogP contribution < -0.4 is 5.32 Å². The second kappa shape index (κ2) is 6.33. The molecule has 0 aliphatic carbocycles. The van der Waals surface area contributed by atoms with E-state index in [4.69, 9.17) is 5.11 Å². The van der Waals surface area contributed by atoms with Gasteiger partial charge in [-0.3, -0.25) is 9.59 Å². The first-order chi connectivity index (χ1) is 8.13. The van der Waals surface area contributed by atoms with E-state index < -0.39 is 5.97 Å². The van der Waals surface area contributed by atoms with Gasteiger partial charge in [0.2, 0.25) is 0 Å². The number of carboxylic acid groups (broad SMARTS) is 1. The van der Waals surface area contributed by atoms with E-state index >= 15 is 0 Å². The Morgan fingerprint density at radius 2 is 1.94 bits per heavy atom. The van der Waals surface area contributed by atoms with Gasteiger partial charge in [0.05, 0.1) is 6.42 Å². The summed E-state index contributed by atoms with van der Waals surface area (Å²) < 4.78 is 0. The molecule has 0 radical (unpaired) electrons. The highest BCUT2D eigenvalue weighted by Gasteiger charge is 2.06. The third kappa shape index (κ3) is 4.39. The molecule has 1 aromatic carbocycles. The van der Waals surface area contributed by atoms with Crippen LogP contribution in [0.1, 0.15) is 18.1 Å². The fourth-order valence-electron chi connectivity index (χ4n) is 1.40. The van der Waals surface area contributed by atoms with Crippen molar-refractivity contribution in [1.29, 1.82) is 0 Å². The molecule has 1 amide bonds. The summed E-state index contributed by atoms with van der Waals surface area (Å²) in [5.74, 6) is 3.60. The molecule has 0 heterocycles. The highest BCUT2D eigenvalue weighted by Crippen LogP contribution is 2.09. The van der Waals surface area contributed by atoms with Gasteiger partial charge < -0.3 is 10.4 Å². The second-order valence-corrected chi connectivity index (χ2v) is 3.40. The molecule has 0 bridgehead atoms. The van der Waals surface area contributed by atoms with E-state index in [9.17, 15) is 9.59 Å². The first-order valence-electron chi connectivity index (χ1n) is 5.12. The number of benzene rings is 1. The Morgan fingerprint density at radius 3 is 2.53 bits per heavy atom. The van der Waals surface area contributed by atoms with E-state index in [1.165, 1.54) is 0 Å². The number of carboxylic acids is 1. The molecule has 0 aliphatic heterocycles. The van der Waals surface area contributed by atoms with Crippen LogP contribution in [0.15, 0.2) is 24.3 Å². The number of rotatable bonds is 4. The van der Waals surface area contributed by atoms with Gasteiger partial charge in [-0.1, -0.05) is 30.2 Å². The summed E-state index contributed by atoms with van der Waals surface area (Å²) >= 11 is 0. The van der Waals surface area contributed by atoms with Crippen molar-refractivity contribution in [3.05, 3.63) is 35.4 Å². The van der Waals surface area contributed by atoms with Gasteiger partial charge in [-0.15, -0.1) is 0 Å². The van der Waals surface area contributed by atoms with Crippen LogP contribution in [-0.4, -0.2) is 17.0 Å². The zero-order valence-electron chi connectivity index (χ0n) is 9.49. The first-order valence-corrected chi connectivity index (χ1v) is 5.12. The minimum atomic E-state index is -0.892. The lowest BCUT2D eigenvalue weighted by molar-refractivity contribution is -0.136. The van der Waals surface area contributed by atoms with Crippen LogP contribution in [0.3, 0.4) is 0 Å². The van der Waals surface area contributed by atoms with Gasteiger partial charge in [0.25, 0.3) is 5.91 Å². The van der Waals surface area contributed by atoms with Crippen LogP contribution in [0.5, 0.6) is 0 Å². The molecule has 88 valence electrons. The Kier molecular flexibility index (Phi) is 4.77. The molecule has 0 aliphatic rings. The standard InChI is InChI=1S/C13H13NO3/c1-2-5-12(15)14-9-11-7-4-3-6-10(11)8-13(16)17/h3-4,6-7H,8-9H2,1H3,(H,14,15)(H,16,17). The van der Waals surface area contributed by atoms with E-state index in [0.717, 1.165) is 5.56 Å². The molecule has 0 spiro atoms. The monoisotopic (exact) mass is 231 g/mol. The summed E-state index contributed by atoms with van der Waals surface area (Å²) in [5.41, 5.74) is 1.49. The van der Waals surface area contributed by atoms with Crippen molar-refractivity contribution in [2.45, 2.75) is 19.9 Å². The highest BCUT2D eigenvalue weighted by atomic mass is 16.4. The van der Waals surface area contributed by atoms with Crippen molar-refractivity contribution in [2.75, 3.05) is 0 Å². The normalized spacial score (nSPS) is 9.00. The number of aliphatic carboxylic acids is 1. The Morgan fingerprint density at radius 1 is 1.29 bits per heavy atom. The van der Waals surface area contributed by atoms with Crippen LogP contribution in [0.25, 0.3) is 0 Å². The molecule has 0 saturated carbocycles. The largest absolute Gasteiger partial charge is 0.481 e. The molecular weight excluding hydrogens is 218 g/mol. The van der Waals surface area contributed by atoms with Gasteiger partial charge in [0.15, 0.2) is 0 Å².